The van der Waals surface area contributed by atoms with Crippen molar-refractivity contribution in [2.75, 3.05) is 7.11 Å². The first-order valence-corrected chi connectivity index (χ1v) is 7.44. The van der Waals surface area contributed by atoms with Gasteiger partial charge in [-0.05, 0) is 18.2 Å². The zero-order chi connectivity index (χ0) is 16.7. The number of methoxy groups -OCH3 is 1. The number of hydrogen-bond donors (Lipinski definition) is 2. The second-order valence-corrected chi connectivity index (χ2v) is 5.40. The summed E-state index contributed by atoms with van der Waals surface area (Å²) in [7, 11) is 1.62. The monoisotopic (exact) mass is 321 g/mol. The molecule has 0 aliphatic rings. The molecule has 0 fully saturated rings. The minimum absolute atomic E-state index is 0.225. The molecule has 0 radical (unpaired) electrons. The van der Waals surface area contributed by atoms with E-state index in [1.54, 1.807) is 19.4 Å². The number of H-pyrrole nitrogens is 1. The van der Waals surface area contributed by atoms with Crippen LogP contribution in [0, 0.1) is 0 Å². The predicted molar refractivity (Wildman–Crippen MR) is 91.0 cm³/mol. The fourth-order valence-corrected chi connectivity index (χ4v) is 2.84. The van der Waals surface area contributed by atoms with E-state index in [4.69, 9.17) is 10.5 Å². The number of aromatic nitrogens is 4. The first-order valence-electron chi connectivity index (χ1n) is 7.44. The second kappa shape index (κ2) is 5.47. The first-order chi connectivity index (χ1) is 11.7. The maximum Gasteiger partial charge on any atom is 0.272 e. The molecule has 7 heteroatoms. The molecule has 0 bridgehead atoms. The molecule has 0 saturated carbocycles. The molecule has 0 aliphatic heterocycles. The Morgan fingerprint density at radius 2 is 2.12 bits per heavy atom. The van der Waals surface area contributed by atoms with Crippen LogP contribution in [0.4, 0.5) is 0 Å². The SMILES string of the molecule is COc1ccn2c(-c3ccc4c(=O)[nH]nc(CN)c4c3)cnc2c1. The van der Waals surface area contributed by atoms with Gasteiger partial charge in [0.1, 0.15) is 11.4 Å². The molecule has 3 N–H and O–H groups in total. The summed E-state index contributed by atoms with van der Waals surface area (Å²) in [6, 6.07) is 9.34. The normalized spacial score (nSPS) is 11.2. The van der Waals surface area contributed by atoms with Crippen molar-refractivity contribution in [3.63, 3.8) is 0 Å². The highest BCUT2D eigenvalue weighted by molar-refractivity contribution is 5.88. The Hall–Kier alpha value is -3.19. The molecule has 7 nitrogen and oxygen atoms in total. The fourth-order valence-electron chi connectivity index (χ4n) is 2.84. The summed E-state index contributed by atoms with van der Waals surface area (Å²) in [5, 5.41) is 7.83. The molecule has 3 heterocycles. The Morgan fingerprint density at radius 3 is 2.92 bits per heavy atom. The lowest BCUT2D eigenvalue weighted by molar-refractivity contribution is 0.414. The molecule has 4 rings (SSSR count). The van der Waals surface area contributed by atoms with E-state index in [1.807, 2.05) is 34.9 Å². The molecule has 0 saturated heterocycles. The molecule has 0 amide bonds. The lowest BCUT2D eigenvalue weighted by Crippen LogP contribution is -2.13. The van der Waals surface area contributed by atoms with Gasteiger partial charge in [0.2, 0.25) is 0 Å². The minimum Gasteiger partial charge on any atom is -0.497 e. The van der Waals surface area contributed by atoms with Gasteiger partial charge in [0, 0.05) is 29.8 Å². The van der Waals surface area contributed by atoms with E-state index in [0.717, 1.165) is 28.0 Å². The van der Waals surface area contributed by atoms with Gasteiger partial charge < -0.3 is 10.5 Å². The van der Waals surface area contributed by atoms with E-state index >= 15 is 0 Å². The van der Waals surface area contributed by atoms with Gasteiger partial charge in [-0.2, -0.15) is 5.10 Å². The zero-order valence-electron chi connectivity index (χ0n) is 13.0. The standard InChI is InChI=1S/C17H15N5O2/c1-24-11-4-5-22-15(9-19-16(22)7-11)10-2-3-12-13(6-10)14(8-18)20-21-17(12)23/h2-7,9H,8,18H2,1H3,(H,21,23). The van der Waals surface area contributed by atoms with Crippen LogP contribution in [0.5, 0.6) is 5.75 Å². The number of aromatic amines is 1. The maximum atomic E-state index is 11.9. The molecule has 0 spiro atoms. The third kappa shape index (κ3) is 2.14. The van der Waals surface area contributed by atoms with Crippen LogP contribution < -0.4 is 16.0 Å². The predicted octanol–water partition coefficient (Wildman–Crippen LogP) is 1.71. The number of rotatable bonds is 3. The number of nitrogens with one attached hydrogen (secondary N) is 1. The van der Waals surface area contributed by atoms with Crippen molar-refractivity contribution in [3.05, 3.63) is 58.8 Å². The topological polar surface area (TPSA) is 98.3 Å². The Labute approximate surface area is 136 Å². The van der Waals surface area contributed by atoms with E-state index in [9.17, 15) is 4.79 Å². The summed E-state index contributed by atoms with van der Waals surface area (Å²) < 4.78 is 7.19. The third-order valence-electron chi connectivity index (χ3n) is 4.08. The number of ether oxygens (including phenoxy) is 1. The quantitative estimate of drug-likeness (QED) is 0.598. The number of benzene rings is 1. The number of imidazole rings is 1. The van der Waals surface area contributed by atoms with Crippen LogP contribution in [0.1, 0.15) is 5.69 Å². The van der Waals surface area contributed by atoms with Gasteiger partial charge in [-0.3, -0.25) is 9.20 Å². The van der Waals surface area contributed by atoms with E-state index in [2.05, 4.69) is 15.2 Å². The molecule has 24 heavy (non-hydrogen) atoms. The molecule has 4 aromatic rings. The summed E-state index contributed by atoms with van der Waals surface area (Å²) in [4.78, 5) is 16.4. The van der Waals surface area contributed by atoms with Crippen LogP contribution in [0.15, 0.2) is 47.5 Å². The van der Waals surface area contributed by atoms with E-state index in [-0.39, 0.29) is 12.1 Å². The van der Waals surface area contributed by atoms with Gasteiger partial charge in [0.25, 0.3) is 5.56 Å². The Kier molecular flexibility index (Phi) is 3.28. The van der Waals surface area contributed by atoms with Gasteiger partial charge in [-0.15, -0.1) is 0 Å². The van der Waals surface area contributed by atoms with Crippen LogP contribution in [0.25, 0.3) is 27.7 Å². The molecular formula is C17H15N5O2. The van der Waals surface area contributed by atoms with E-state index in [0.29, 0.717) is 11.1 Å². The van der Waals surface area contributed by atoms with Crippen LogP contribution in [0.2, 0.25) is 0 Å². The van der Waals surface area contributed by atoms with Gasteiger partial charge in [0.15, 0.2) is 0 Å². The summed E-state index contributed by atoms with van der Waals surface area (Å²) in [5.74, 6) is 0.749. The number of nitrogens with zero attached hydrogens (tertiary/aromatic N) is 3. The van der Waals surface area contributed by atoms with Crippen molar-refractivity contribution in [2.45, 2.75) is 6.54 Å². The van der Waals surface area contributed by atoms with Crippen molar-refractivity contribution in [1.29, 1.82) is 0 Å². The van der Waals surface area contributed by atoms with Crippen molar-refractivity contribution >= 4 is 16.4 Å². The summed E-state index contributed by atoms with van der Waals surface area (Å²) >= 11 is 0. The number of hydrogen-bond acceptors (Lipinski definition) is 5. The average molecular weight is 321 g/mol. The smallest absolute Gasteiger partial charge is 0.272 e. The van der Waals surface area contributed by atoms with E-state index in [1.165, 1.54) is 0 Å². The van der Waals surface area contributed by atoms with E-state index < -0.39 is 0 Å². The number of nitrogens with two attached hydrogens (primary N) is 1. The highest BCUT2D eigenvalue weighted by atomic mass is 16.5. The molecular weight excluding hydrogens is 306 g/mol. The third-order valence-corrected chi connectivity index (χ3v) is 4.08. The molecule has 1 aromatic carbocycles. The molecule has 3 aromatic heterocycles. The lowest BCUT2D eigenvalue weighted by atomic mass is 10.1. The zero-order valence-corrected chi connectivity index (χ0v) is 13.0. The molecule has 0 aliphatic carbocycles. The summed E-state index contributed by atoms with van der Waals surface area (Å²) in [5.41, 5.74) is 8.80. The highest BCUT2D eigenvalue weighted by Gasteiger charge is 2.11. The first kappa shape index (κ1) is 14.4. The number of pyridine rings is 1. The Bertz CT molecular complexity index is 1110. The van der Waals surface area contributed by atoms with Crippen molar-refractivity contribution < 1.29 is 4.74 Å². The summed E-state index contributed by atoms with van der Waals surface area (Å²) in [6.45, 7) is 0.251. The Balaban J connectivity index is 1.95. The molecule has 0 unspecified atom stereocenters. The van der Waals surface area contributed by atoms with Crippen molar-refractivity contribution in [1.82, 2.24) is 19.6 Å². The van der Waals surface area contributed by atoms with Crippen LogP contribution in [0.3, 0.4) is 0 Å². The van der Waals surface area contributed by atoms with Crippen molar-refractivity contribution in [3.8, 4) is 17.0 Å². The second-order valence-electron chi connectivity index (χ2n) is 5.40. The van der Waals surface area contributed by atoms with Crippen LogP contribution in [-0.2, 0) is 6.54 Å². The maximum absolute atomic E-state index is 11.9. The highest BCUT2D eigenvalue weighted by Crippen LogP contribution is 2.26. The largest absolute Gasteiger partial charge is 0.497 e. The van der Waals surface area contributed by atoms with Crippen molar-refractivity contribution in [2.24, 2.45) is 5.73 Å². The van der Waals surface area contributed by atoms with Crippen LogP contribution >= 0.6 is 0 Å². The lowest BCUT2D eigenvalue weighted by Gasteiger charge is -2.07. The van der Waals surface area contributed by atoms with Gasteiger partial charge in [-0.1, -0.05) is 6.07 Å². The summed E-state index contributed by atoms with van der Waals surface area (Å²) in [6.07, 6.45) is 3.69. The minimum atomic E-state index is -0.225. The molecule has 0 atom stereocenters. The number of fused-ring (bicyclic) bond motifs is 2. The average Bonchev–Trinajstić information content (AvgIpc) is 3.04. The van der Waals surface area contributed by atoms with Crippen LogP contribution in [-0.4, -0.2) is 26.7 Å². The Morgan fingerprint density at radius 1 is 1.25 bits per heavy atom. The van der Waals surface area contributed by atoms with Gasteiger partial charge >= 0.3 is 0 Å². The molecule has 120 valence electrons. The van der Waals surface area contributed by atoms with Gasteiger partial charge in [0.05, 0.1) is 30.1 Å². The van der Waals surface area contributed by atoms with Gasteiger partial charge in [-0.25, -0.2) is 10.1 Å². The fraction of sp³-hybridized carbons (Fsp3) is 0.118.